The van der Waals surface area contributed by atoms with Gasteiger partial charge in [0, 0.05) is 6.07 Å². The molecule has 0 aliphatic carbocycles. The normalized spacial score (nSPS) is 10.9. The fourth-order valence-corrected chi connectivity index (χ4v) is 2.86. The number of hydrazone groups is 1. The number of H-pyrrole nitrogens is 1. The molecule has 2 heterocycles. The molecule has 2 aromatic heterocycles. The Labute approximate surface area is 171 Å². The monoisotopic (exact) mass is 416 g/mol. The van der Waals surface area contributed by atoms with Crippen LogP contribution in [0, 0.1) is 6.92 Å². The molecule has 3 rings (SSSR count). The Morgan fingerprint density at radius 1 is 1.31 bits per heavy atom. The lowest BCUT2D eigenvalue weighted by Gasteiger charge is -2.11. The van der Waals surface area contributed by atoms with Gasteiger partial charge < -0.3 is 19.2 Å². The van der Waals surface area contributed by atoms with Gasteiger partial charge in [-0.2, -0.15) is 10.1 Å². The lowest BCUT2D eigenvalue weighted by atomic mass is 10.2. The van der Waals surface area contributed by atoms with E-state index in [0.29, 0.717) is 34.1 Å². The van der Waals surface area contributed by atoms with E-state index in [1.165, 1.54) is 25.1 Å². The quantitative estimate of drug-likeness (QED) is 0.276. The van der Waals surface area contributed by atoms with Gasteiger partial charge in [-0.05, 0) is 31.2 Å². The van der Waals surface area contributed by atoms with Gasteiger partial charge in [-0.3, -0.25) is 4.79 Å². The summed E-state index contributed by atoms with van der Waals surface area (Å²) in [5.74, 6) is 2.83. The number of aryl methyl sites for hydroxylation is 1. The summed E-state index contributed by atoms with van der Waals surface area (Å²) in [4.78, 5) is 16.4. The van der Waals surface area contributed by atoms with Crippen molar-refractivity contribution in [3.05, 3.63) is 41.9 Å². The molecule has 3 aromatic rings. The SMILES string of the molecule is COc1ccc(NC(=O)CSc2n[nH]c(N/N=C\c3ccc(C)o3)n2)c(OC)c1. The second-order valence-corrected chi connectivity index (χ2v) is 6.63. The second kappa shape index (κ2) is 9.64. The van der Waals surface area contributed by atoms with Crippen molar-refractivity contribution < 1.29 is 18.7 Å². The number of nitrogens with zero attached hydrogens (tertiary/aromatic N) is 3. The lowest BCUT2D eigenvalue weighted by Crippen LogP contribution is -2.14. The van der Waals surface area contributed by atoms with Crippen LogP contribution in [0.15, 0.2) is 45.0 Å². The predicted octanol–water partition coefficient (Wildman–Crippen LogP) is 2.90. The topological polar surface area (TPSA) is 127 Å². The summed E-state index contributed by atoms with van der Waals surface area (Å²) in [6.07, 6.45) is 1.53. The van der Waals surface area contributed by atoms with Gasteiger partial charge in [0.1, 0.15) is 23.0 Å². The van der Waals surface area contributed by atoms with Crippen molar-refractivity contribution in [1.82, 2.24) is 15.2 Å². The van der Waals surface area contributed by atoms with Crippen molar-refractivity contribution in [3.8, 4) is 11.5 Å². The zero-order valence-electron chi connectivity index (χ0n) is 16.1. The van der Waals surface area contributed by atoms with E-state index in [4.69, 9.17) is 13.9 Å². The average molecular weight is 416 g/mol. The molecule has 0 radical (unpaired) electrons. The molecule has 0 aliphatic heterocycles. The maximum absolute atomic E-state index is 12.2. The van der Waals surface area contributed by atoms with Crippen molar-refractivity contribution in [2.75, 3.05) is 30.7 Å². The molecule has 0 unspecified atom stereocenters. The third kappa shape index (κ3) is 5.75. The van der Waals surface area contributed by atoms with Gasteiger partial charge in [-0.15, -0.1) is 5.10 Å². The minimum absolute atomic E-state index is 0.126. The third-order valence-corrected chi connectivity index (χ3v) is 4.45. The molecule has 3 N–H and O–H groups in total. The van der Waals surface area contributed by atoms with Gasteiger partial charge >= 0.3 is 0 Å². The molecule has 0 fully saturated rings. The van der Waals surface area contributed by atoms with E-state index in [0.717, 1.165) is 5.76 Å². The summed E-state index contributed by atoms with van der Waals surface area (Å²) in [6, 6.07) is 8.80. The fourth-order valence-electron chi connectivity index (χ4n) is 2.26. The van der Waals surface area contributed by atoms with Crippen LogP contribution in [0.4, 0.5) is 11.6 Å². The first-order valence-electron chi connectivity index (χ1n) is 8.50. The van der Waals surface area contributed by atoms with E-state index < -0.39 is 0 Å². The van der Waals surface area contributed by atoms with E-state index in [1.54, 1.807) is 31.4 Å². The molecular formula is C18H20N6O4S. The Balaban J connectivity index is 1.49. The van der Waals surface area contributed by atoms with E-state index in [2.05, 4.69) is 31.0 Å². The van der Waals surface area contributed by atoms with Gasteiger partial charge in [0.2, 0.25) is 17.0 Å². The number of hydrogen-bond acceptors (Lipinski definition) is 9. The number of amides is 1. The van der Waals surface area contributed by atoms with Gasteiger partial charge in [0.15, 0.2) is 0 Å². The number of thioether (sulfide) groups is 1. The van der Waals surface area contributed by atoms with Crippen molar-refractivity contribution in [2.24, 2.45) is 5.10 Å². The summed E-state index contributed by atoms with van der Waals surface area (Å²) >= 11 is 1.18. The summed E-state index contributed by atoms with van der Waals surface area (Å²) in [6.45, 7) is 1.85. The molecule has 0 aliphatic rings. The highest BCUT2D eigenvalue weighted by Crippen LogP contribution is 2.29. The molecule has 0 spiro atoms. The van der Waals surface area contributed by atoms with Crippen molar-refractivity contribution in [2.45, 2.75) is 12.1 Å². The molecule has 0 bridgehead atoms. The Bertz CT molecular complexity index is 1000. The molecular weight excluding hydrogens is 396 g/mol. The Kier molecular flexibility index (Phi) is 6.74. The number of ether oxygens (including phenoxy) is 2. The third-order valence-electron chi connectivity index (χ3n) is 3.60. The first-order chi connectivity index (χ1) is 14.1. The fraction of sp³-hybridized carbons (Fsp3) is 0.222. The average Bonchev–Trinajstić information content (AvgIpc) is 3.35. The zero-order valence-corrected chi connectivity index (χ0v) is 16.9. The van der Waals surface area contributed by atoms with Crippen LogP contribution in [-0.2, 0) is 4.79 Å². The van der Waals surface area contributed by atoms with E-state index in [1.807, 2.05) is 13.0 Å². The molecule has 0 atom stereocenters. The Hall–Kier alpha value is -3.47. The number of hydrogen-bond donors (Lipinski definition) is 3. The Morgan fingerprint density at radius 2 is 2.17 bits per heavy atom. The number of carbonyl (C=O) groups excluding carboxylic acids is 1. The number of nitrogens with one attached hydrogen (secondary N) is 3. The van der Waals surface area contributed by atoms with Gasteiger partial charge in [-0.25, -0.2) is 10.5 Å². The smallest absolute Gasteiger partial charge is 0.240 e. The molecule has 29 heavy (non-hydrogen) atoms. The van der Waals surface area contributed by atoms with Crippen LogP contribution in [0.25, 0.3) is 0 Å². The second-order valence-electron chi connectivity index (χ2n) is 5.69. The van der Waals surface area contributed by atoms with Crippen molar-refractivity contribution in [3.63, 3.8) is 0 Å². The number of aromatic amines is 1. The van der Waals surface area contributed by atoms with Crippen molar-refractivity contribution in [1.29, 1.82) is 0 Å². The number of furan rings is 1. The van der Waals surface area contributed by atoms with Gasteiger partial charge in [0.25, 0.3) is 0 Å². The Morgan fingerprint density at radius 3 is 2.90 bits per heavy atom. The lowest BCUT2D eigenvalue weighted by molar-refractivity contribution is -0.113. The number of benzene rings is 1. The standard InChI is InChI=1S/C18H20N6O4S/c1-11-4-5-13(28-11)9-19-22-17-21-18(24-23-17)29-10-16(25)20-14-7-6-12(26-2)8-15(14)27-3/h4-9H,10H2,1-3H3,(H,20,25)(H2,21,22,23,24)/b19-9-. The highest BCUT2D eigenvalue weighted by Gasteiger charge is 2.11. The molecule has 10 nitrogen and oxygen atoms in total. The van der Waals surface area contributed by atoms with E-state index in [9.17, 15) is 4.79 Å². The maximum atomic E-state index is 12.2. The molecule has 0 saturated carbocycles. The number of aromatic nitrogens is 3. The number of carbonyl (C=O) groups is 1. The zero-order chi connectivity index (χ0) is 20.6. The summed E-state index contributed by atoms with van der Waals surface area (Å²) in [5, 5.41) is 13.9. The summed E-state index contributed by atoms with van der Waals surface area (Å²) < 4.78 is 15.8. The minimum atomic E-state index is -0.219. The largest absolute Gasteiger partial charge is 0.497 e. The highest BCUT2D eigenvalue weighted by atomic mass is 32.2. The molecule has 11 heteroatoms. The molecule has 1 amide bonds. The first-order valence-corrected chi connectivity index (χ1v) is 9.48. The van der Waals surface area contributed by atoms with Crippen LogP contribution in [0.2, 0.25) is 0 Å². The number of methoxy groups -OCH3 is 2. The van der Waals surface area contributed by atoms with Gasteiger partial charge in [-0.1, -0.05) is 11.8 Å². The van der Waals surface area contributed by atoms with Crippen LogP contribution >= 0.6 is 11.8 Å². The van der Waals surface area contributed by atoms with E-state index >= 15 is 0 Å². The summed E-state index contributed by atoms with van der Waals surface area (Å²) in [7, 11) is 3.09. The predicted molar refractivity (Wildman–Crippen MR) is 110 cm³/mol. The van der Waals surface area contributed by atoms with Crippen LogP contribution in [-0.4, -0.2) is 47.3 Å². The summed E-state index contributed by atoms with van der Waals surface area (Å²) in [5.41, 5.74) is 3.27. The van der Waals surface area contributed by atoms with Crippen LogP contribution < -0.4 is 20.2 Å². The van der Waals surface area contributed by atoms with Gasteiger partial charge in [0.05, 0.1) is 31.9 Å². The molecule has 1 aromatic carbocycles. The van der Waals surface area contributed by atoms with Crippen LogP contribution in [0.1, 0.15) is 11.5 Å². The first kappa shape index (κ1) is 20.3. The number of anilines is 2. The van der Waals surface area contributed by atoms with Crippen LogP contribution in [0.5, 0.6) is 11.5 Å². The molecule has 152 valence electrons. The molecule has 0 saturated heterocycles. The highest BCUT2D eigenvalue weighted by molar-refractivity contribution is 7.99. The maximum Gasteiger partial charge on any atom is 0.240 e. The van der Waals surface area contributed by atoms with Crippen molar-refractivity contribution >= 4 is 35.5 Å². The minimum Gasteiger partial charge on any atom is -0.497 e. The number of rotatable bonds is 9. The van der Waals surface area contributed by atoms with E-state index in [-0.39, 0.29) is 11.7 Å². The van der Waals surface area contributed by atoms with Crippen LogP contribution in [0.3, 0.4) is 0 Å².